The molecule has 1 aromatic heterocycles. The van der Waals surface area contributed by atoms with Crippen LogP contribution < -0.4 is 4.90 Å². The van der Waals surface area contributed by atoms with E-state index in [0.717, 1.165) is 16.0 Å². The number of hydrogen-bond acceptors (Lipinski definition) is 3. The number of pyridine rings is 1. The minimum atomic E-state index is 0.581. The van der Waals surface area contributed by atoms with E-state index in [-0.39, 0.29) is 0 Å². The van der Waals surface area contributed by atoms with Gasteiger partial charge in [0.15, 0.2) is 0 Å². The van der Waals surface area contributed by atoms with Crippen molar-refractivity contribution in [3.63, 3.8) is 0 Å². The topological polar surface area (TPSA) is 19.4 Å². The predicted molar refractivity (Wildman–Crippen MR) is 93.1 cm³/mol. The van der Waals surface area contributed by atoms with Crippen molar-refractivity contribution in [1.82, 2.24) is 9.88 Å². The molecule has 0 saturated carbocycles. The second-order valence-corrected chi connectivity index (χ2v) is 6.82. The van der Waals surface area contributed by atoms with Gasteiger partial charge in [-0.1, -0.05) is 24.3 Å². The highest BCUT2D eigenvalue weighted by Crippen LogP contribution is 2.33. The molecular weight excluding hydrogens is 326 g/mol. The molecule has 0 aliphatic carbocycles. The van der Waals surface area contributed by atoms with E-state index in [1.54, 1.807) is 0 Å². The van der Waals surface area contributed by atoms with Crippen LogP contribution in [0.3, 0.4) is 0 Å². The molecule has 1 aliphatic heterocycles. The van der Waals surface area contributed by atoms with Crippen molar-refractivity contribution in [2.45, 2.75) is 25.8 Å². The first-order valence-corrected chi connectivity index (χ1v) is 8.33. The van der Waals surface area contributed by atoms with Gasteiger partial charge in [-0.05, 0) is 55.8 Å². The number of halogens is 1. The van der Waals surface area contributed by atoms with E-state index in [4.69, 9.17) is 4.98 Å². The fourth-order valence-corrected chi connectivity index (χ4v) is 3.59. The summed E-state index contributed by atoms with van der Waals surface area (Å²) in [6.07, 6.45) is 2.41. The molecule has 1 fully saturated rings. The minimum Gasteiger partial charge on any atom is -0.356 e. The lowest BCUT2D eigenvalue weighted by Gasteiger charge is -2.36. The Bertz CT molecular complexity index is 648. The number of aryl methyl sites for hydroxylation is 1. The Hall–Kier alpha value is -1.13. The fourth-order valence-electron chi connectivity index (χ4n) is 3.16. The number of anilines is 1. The van der Waals surface area contributed by atoms with Crippen LogP contribution >= 0.6 is 15.9 Å². The van der Waals surface area contributed by atoms with Crippen LogP contribution in [0.2, 0.25) is 0 Å². The molecule has 3 rings (SSSR count). The summed E-state index contributed by atoms with van der Waals surface area (Å²) in [5.41, 5.74) is 1.06. The van der Waals surface area contributed by atoms with Gasteiger partial charge in [-0.3, -0.25) is 0 Å². The van der Waals surface area contributed by atoms with Crippen LogP contribution in [0.15, 0.2) is 28.7 Å². The van der Waals surface area contributed by atoms with E-state index < -0.39 is 0 Å². The highest BCUT2D eigenvalue weighted by Gasteiger charge is 2.23. The summed E-state index contributed by atoms with van der Waals surface area (Å²) in [6.45, 7) is 4.41. The second kappa shape index (κ2) is 5.93. The van der Waals surface area contributed by atoms with Gasteiger partial charge in [-0.25, -0.2) is 4.98 Å². The average molecular weight is 348 g/mol. The molecule has 0 spiro atoms. The summed E-state index contributed by atoms with van der Waals surface area (Å²) < 4.78 is 1.11. The Balaban J connectivity index is 2.02. The molecule has 0 amide bonds. The maximum Gasteiger partial charge on any atom is 0.136 e. The van der Waals surface area contributed by atoms with Crippen molar-refractivity contribution in [3.8, 4) is 0 Å². The highest BCUT2D eigenvalue weighted by molar-refractivity contribution is 9.10. The van der Waals surface area contributed by atoms with Gasteiger partial charge in [0.05, 0.1) is 5.69 Å². The predicted octanol–water partition coefficient (Wildman–Crippen LogP) is 3.84. The zero-order chi connectivity index (χ0) is 15.0. The van der Waals surface area contributed by atoms with Crippen molar-refractivity contribution in [3.05, 3.63) is 34.4 Å². The van der Waals surface area contributed by atoms with Gasteiger partial charge in [0.1, 0.15) is 5.82 Å². The summed E-state index contributed by atoms with van der Waals surface area (Å²) in [5, 5.41) is 2.48. The van der Waals surface area contributed by atoms with Gasteiger partial charge in [-0.2, -0.15) is 0 Å². The molecule has 1 saturated heterocycles. The number of rotatable bonds is 2. The number of fused-ring (bicyclic) bond motifs is 1. The lowest BCUT2D eigenvalue weighted by atomic mass is 10.0. The summed E-state index contributed by atoms with van der Waals surface area (Å²) in [6, 6.07) is 9.11. The summed E-state index contributed by atoms with van der Waals surface area (Å²) in [7, 11) is 4.39. The first-order chi connectivity index (χ1) is 10.1. The molecule has 0 atom stereocenters. The molecule has 1 aliphatic rings. The third-order valence-corrected chi connectivity index (χ3v) is 5.57. The van der Waals surface area contributed by atoms with Crippen molar-refractivity contribution < 1.29 is 0 Å². The van der Waals surface area contributed by atoms with Gasteiger partial charge in [0.25, 0.3) is 0 Å². The number of piperidine rings is 1. The first-order valence-electron chi connectivity index (χ1n) is 7.54. The Labute approximate surface area is 135 Å². The quantitative estimate of drug-likeness (QED) is 0.822. The van der Waals surface area contributed by atoms with E-state index in [9.17, 15) is 0 Å². The molecule has 2 heterocycles. The van der Waals surface area contributed by atoms with Crippen LogP contribution in [0.1, 0.15) is 18.5 Å². The largest absolute Gasteiger partial charge is 0.356 e. The maximum atomic E-state index is 4.86. The number of hydrogen-bond donors (Lipinski definition) is 0. The molecule has 0 unspecified atom stereocenters. The normalized spacial score (nSPS) is 17.3. The third kappa shape index (κ3) is 2.79. The molecule has 1 aromatic carbocycles. The lowest BCUT2D eigenvalue weighted by molar-refractivity contribution is 0.252. The maximum absolute atomic E-state index is 4.86. The molecular formula is C17H22BrN3. The number of aromatic nitrogens is 1. The molecule has 21 heavy (non-hydrogen) atoms. The van der Waals surface area contributed by atoms with Gasteiger partial charge in [0, 0.05) is 28.3 Å². The molecule has 0 radical (unpaired) electrons. The minimum absolute atomic E-state index is 0.581. The Kier molecular flexibility index (Phi) is 4.18. The first kappa shape index (κ1) is 14.8. The smallest absolute Gasteiger partial charge is 0.136 e. The zero-order valence-corrected chi connectivity index (χ0v) is 14.5. The van der Waals surface area contributed by atoms with E-state index in [1.807, 2.05) is 0 Å². The van der Waals surface area contributed by atoms with E-state index in [0.29, 0.717) is 6.04 Å². The van der Waals surface area contributed by atoms with Crippen molar-refractivity contribution in [2.24, 2.45) is 0 Å². The number of likely N-dealkylation sites (tertiary alicyclic amines) is 1. The van der Waals surface area contributed by atoms with Gasteiger partial charge in [-0.15, -0.1) is 0 Å². The standard InChI is InChI=1S/C17H22BrN3/c1-12-16(18)14-6-4-5-7-15(14)17(19-12)21(3)13-8-10-20(2)11-9-13/h4-7,13H,8-11H2,1-3H3. The Morgan fingerprint density at radius 3 is 2.48 bits per heavy atom. The summed E-state index contributed by atoms with van der Waals surface area (Å²) >= 11 is 3.68. The van der Waals surface area contributed by atoms with Crippen molar-refractivity contribution in [1.29, 1.82) is 0 Å². The molecule has 0 bridgehead atoms. The van der Waals surface area contributed by atoms with Crippen LogP contribution in [0.5, 0.6) is 0 Å². The lowest BCUT2D eigenvalue weighted by Crippen LogP contribution is -2.42. The molecule has 4 heteroatoms. The summed E-state index contributed by atoms with van der Waals surface area (Å²) in [5.74, 6) is 1.11. The number of nitrogens with zero attached hydrogens (tertiary/aromatic N) is 3. The highest BCUT2D eigenvalue weighted by atomic mass is 79.9. The fraction of sp³-hybridized carbons (Fsp3) is 0.471. The van der Waals surface area contributed by atoms with Crippen LogP contribution in [0.25, 0.3) is 10.8 Å². The van der Waals surface area contributed by atoms with Gasteiger partial charge in [0.2, 0.25) is 0 Å². The molecule has 2 aromatic rings. The monoisotopic (exact) mass is 347 g/mol. The van der Waals surface area contributed by atoms with E-state index in [1.165, 1.54) is 36.7 Å². The average Bonchev–Trinajstić information content (AvgIpc) is 2.51. The van der Waals surface area contributed by atoms with Crippen molar-refractivity contribution in [2.75, 3.05) is 32.1 Å². The third-order valence-electron chi connectivity index (χ3n) is 4.57. The number of benzene rings is 1. The van der Waals surface area contributed by atoms with E-state index >= 15 is 0 Å². The Morgan fingerprint density at radius 1 is 1.19 bits per heavy atom. The SMILES string of the molecule is Cc1nc(N(C)C2CCN(C)CC2)c2ccccc2c1Br. The molecule has 112 valence electrons. The van der Waals surface area contributed by atoms with Crippen molar-refractivity contribution >= 4 is 32.5 Å². The van der Waals surface area contributed by atoms with Crippen LogP contribution in [0, 0.1) is 6.92 Å². The van der Waals surface area contributed by atoms with Crippen LogP contribution in [0.4, 0.5) is 5.82 Å². The van der Waals surface area contributed by atoms with Crippen LogP contribution in [-0.2, 0) is 0 Å². The Morgan fingerprint density at radius 2 is 1.81 bits per heavy atom. The van der Waals surface area contributed by atoms with Gasteiger partial charge >= 0.3 is 0 Å². The van der Waals surface area contributed by atoms with E-state index in [2.05, 4.69) is 71.0 Å². The van der Waals surface area contributed by atoms with Crippen LogP contribution in [-0.4, -0.2) is 43.1 Å². The van der Waals surface area contributed by atoms with Gasteiger partial charge < -0.3 is 9.80 Å². The molecule has 3 nitrogen and oxygen atoms in total. The second-order valence-electron chi connectivity index (χ2n) is 6.03. The molecule has 0 N–H and O–H groups in total. The zero-order valence-electron chi connectivity index (χ0n) is 12.9. The summed E-state index contributed by atoms with van der Waals surface area (Å²) in [4.78, 5) is 9.65.